The molecule has 1 amide bonds. The third kappa shape index (κ3) is 4.86. The van der Waals surface area contributed by atoms with Crippen LogP contribution in [-0.4, -0.2) is 44.0 Å². The Labute approximate surface area is 165 Å². The van der Waals surface area contributed by atoms with Gasteiger partial charge in [0.1, 0.15) is 17.5 Å². The Morgan fingerprint density at radius 1 is 1.44 bits per heavy atom. The van der Waals surface area contributed by atoms with Crippen LogP contribution in [0.25, 0.3) is 0 Å². The number of aromatic nitrogens is 4. The molecule has 3 N–H and O–H groups in total. The first-order chi connectivity index (χ1) is 12.9. The minimum Gasteiger partial charge on any atom is -0.457 e. The van der Waals surface area contributed by atoms with Crippen LogP contribution < -0.4 is 11.1 Å². The summed E-state index contributed by atoms with van der Waals surface area (Å²) in [5.41, 5.74) is 6.40. The summed E-state index contributed by atoms with van der Waals surface area (Å²) < 4.78 is 6.64. The fourth-order valence-electron chi connectivity index (χ4n) is 2.32. The number of hydrogen-bond donors (Lipinski definition) is 2. The number of ether oxygens (including phenoxy) is 1. The lowest BCUT2D eigenvalue weighted by molar-refractivity contribution is -0.119. The van der Waals surface area contributed by atoms with Crippen molar-refractivity contribution in [2.75, 3.05) is 23.4 Å². The monoisotopic (exact) mass is 410 g/mol. The van der Waals surface area contributed by atoms with Gasteiger partial charge < -0.3 is 15.8 Å². The van der Waals surface area contributed by atoms with Crippen molar-refractivity contribution in [3.8, 4) is 0 Å². The lowest BCUT2D eigenvalue weighted by Crippen LogP contribution is -2.27. The van der Waals surface area contributed by atoms with Crippen molar-refractivity contribution < 1.29 is 14.3 Å². The second-order valence-electron chi connectivity index (χ2n) is 5.38. The molecule has 9 nitrogen and oxygen atoms in total. The number of nitrogen functional groups attached to an aromatic ring is 1. The molecule has 1 unspecified atom stereocenters. The molecule has 0 bridgehead atoms. The number of carbonyl (C=O) groups excluding carboxylic acids is 2. The average Bonchev–Trinajstić information content (AvgIpc) is 3.17. The zero-order valence-electron chi connectivity index (χ0n) is 15.4. The van der Waals surface area contributed by atoms with Crippen LogP contribution in [0.4, 0.5) is 11.1 Å². The Kier molecular flexibility index (Phi) is 7.36. The summed E-state index contributed by atoms with van der Waals surface area (Å²) in [6.45, 7) is 9.15. The van der Waals surface area contributed by atoms with E-state index in [1.807, 2.05) is 13.8 Å². The van der Waals surface area contributed by atoms with E-state index in [4.69, 9.17) is 10.5 Å². The molecule has 0 aromatic carbocycles. The van der Waals surface area contributed by atoms with Gasteiger partial charge in [-0.1, -0.05) is 49.6 Å². The third-order valence-electron chi connectivity index (χ3n) is 3.51. The van der Waals surface area contributed by atoms with Crippen molar-refractivity contribution >= 4 is 46.1 Å². The van der Waals surface area contributed by atoms with Gasteiger partial charge in [-0.3, -0.25) is 9.36 Å². The van der Waals surface area contributed by atoms with E-state index in [0.29, 0.717) is 27.3 Å². The number of nitrogens with zero attached hydrogens (tertiary/aromatic N) is 4. The van der Waals surface area contributed by atoms with Crippen molar-refractivity contribution in [3.63, 3.8) is 0 Å². The molecule has 0 aliphatic heterocycles. The molecule has 0 aliphatic rings. The maximum Gasteiger partial charge on any atom is 0.350 e. The molecule has 0 saturated heterocycles. The van der Waals surface area contributed by atoms with E-state index >= 15 is 0 Å². The number of nitrogens with two attached hydrogens (primary N) is 1. The lowest BCUT2D eigenvalue weighted by Gasteiger charge is -2.18. The van der Waals surface area contributed by atoms with Crippen LogP contribution in [-0.2, 0) is 9.53 Å². The Morgan fingerprint density at radius 3 is 2.81 bits per heavy atom. The van der Waals surface area contributed by atoms with Crippen LogP contribution in [0.1, 0.15) is 41.7 Å². The summed E-state index contributed by atoms with van der Waals surface area (Å²) in [6.07, 6.45) is 1.97. The molecule has 0 radical (unpaired) electrons. The van der Waals surface area contributed by atoms with Crippen molar-refractivity contribution in [2.45, 2.75) is 38.4 Å². The SMILES string of the molecule is C=CCOC(=O)c1sc(NC(=O)C(CC)n2c(N)nnc2SCC)nc1C. The van der Waals surface area contributed by atoms with Crippen molar-refractivity contribution in [1.29, 1.82) is 0 Å². The molecular weight excluding hydrogens is 388 g/mol. The van der Waals surface area contributed by atoms with E-state index in [2.05, 4.69) is 27.1 Å². The number of carbonyl (C=O) groups is 2. The zero-order chi connectivity index (χ0) is 20.0. The van der Waals surface area contributed by atoms with Crippen molar-refractivity contribution in [3.05, 3.63) is 23.2 Å². The first-order valence-electron chi connectivity index (χ1n) is 8.32. The first-order valence-corrected chi connectivity index (χ1v) is 10.1. The van der Waals surface area contributed by atoms with E-state index in [-0.39, 0.29) is 18.5 Å². The highest BCUT2D eigenvalue weighted by molar-refractivity contribution is 7.99. The molecule has 0 spiro atoms. The number of nitrogens with one attached hydrogen (secondary N) is 1. The first kappa shape index (κ1) is 20.9. The van der Waals surface area contributed by atoms with E-state index in [1.165, 1.54) is 17.8 Å². The number of thiazole rings is 1. The van der Waals surface area contributed by atoms with Crippen LogP contribution in [0.15, 0.2) is 17.8 Å². The fraction of sp³-hybridized carbons (Fsp3) is 0.438. The third-order valence-corrected chi connectivity index (χ3v) is 5.39. The molecule has 11 heteroatoms. The maximum atomic E-state index is 12.8. The highest BCUT2D eigenvalue weighted by Gasteiger charge is 2.26. The van der Waals surface area contributed by atoms with E-state index in [9.17, 15) is 9.59 Å². The molecule has 2 heterocycles. The van der Waals surface area contributed by atoms with Crippen LogP contribution in [0.5, 0.6) is 0 Å². The Balaban J connectivity index is 2.19. The van der Waals surface area contributed by atoms with E-state index in [1.54, 1.807) is 11.5 Å². The van der Waals surface area contributed by atoms with Crippen LogP contribution in [0, 0.1) is 6.92 Å². The number of amides is 1. The summed E-state index contributed by atoms with van der Waals surface area (Å²) in [5.74, 6) is 0.152. The summed E-state index contributed by atoms with van der Waals surface area (Å²) >= 11 is 2.52. The Morgan fingerprint density at radius 2 is 2.19 bits per heavy atom. The average molecular weight is 411 g/mol. The molecule has 0 fully saturated rings. The molecule has 27 heavy (non-hydrogen) atoms. The summed E-state index contributed by atoms with van der Waals surface area (Å²) in [6, 6.07) is -0.588. The van der Waals surface area contributed by atoms with Crippen molar-refractivity contribution in [2.24, 2.45) is 0 Å². The second kappa shape index (κ2) is 9.51. The van der Waals surface area contributed by atoms with Crippen molar-refractivity contribution in [1.82, 2.24) is 19.7 Å². The standard InChI is InChI=1S/C16H22N6O3S2/c1-5-8-25-13(24)11-9(4)18-15(27-11)19-12(23)10(6-2)22-14(17)20-21-16(22)26-7-3/h5,10H,1,6-8H2,2-4H3,(H2,17,20)(H,18,19,23). The van der Waals surface area contributed by atoms with Crippen LogP contribution in [0.2, 0.25) is 0 Å². The van der Waals surface area contributed by atoms with Gasteiger partial charge in [-0.2, -0.15) is 0 Å². The molecule has 2 rings (SSSR count). The topological polar surface area (TPSA) is 125 Å². The number of anilines is 2. The maximum absolute atomic E-state index is 12.8. The number of rotatable bonds is 9. The predicted octanol–water partition coefficient (Wildman–Crippen LogP) is 2.67. The lowest BCUT2D eigenvalue weighted by atomic mass is 10.2. The summed E-state index contributed by atoms with van der Waals surface area (Å²) in [5, 5.41) is 11.5. The largest absolute Gasteiger partial charge is 0.457 e. The van der Waals surface area contributed by atoms with Gasteiger partial charge in [0, 0.05) is 0 Å². The molecule has 146 valence electrons. The van der Waals surface area contributed by atoms with E-state index in [0.717, 1.165) is 17.1 Å². The number of esters is 1. The second-order valence-corrected chi connectivity index (χ2v) is 7.61. The van der Waals surface area contributed by atoms with Gasteiger partial charge >= 0.3 is 5.97 Å². The number of aryl methyl sites for hydroxylation is 1. The highest BCUT2D eigenvalue weighted by atomic mass is 32.2. The van der Waals surface area contributed by atoms with Gasteiger partial charge in [-0.15, -0.1) is 10.2 Å². The normalized spacial score (nSPS) is 11.8. The molecule has 2 aromatic heterocycles. The van der Waals surface area contributed by atoms with Gasteiger partial charge in [-0.25, -0.2) is 9.78 Å². The number of thioether (sulfide) groups is 1. The van der Waals surface area contributed by atoms with Crippen LogP contribution in [0.3, 0.4) is 0 Å². The molecule has 0 aliphatic carbocycles. The minimum atomic E-state index is -0.588. The zero-order valence-corrected chi connectivity index (χ0v) is 17.0. The van der Waals surface area contributed by atoms with Gasteiger partial charge in [0.25, 0.3) is 0 Å². The minimum absolute atomic E-state index is 0.112. The molecule has 0 saturated carbocycles. The van der Waals surface area contributed by atoms with E-state index < -0.39 is 12.0 Å². The summed E-state index contributed by atoms with van der Waals surface area (Å²) in [7, 11) is 0. The summed E-state index contributed by atoms with van der Waals surface area (Å²) in [4.78, 5) is 29.4. The quantitative estimate of drug-likeness (QED) is 0.367. The number of hydrogen-bond acceptors (Lipinski definition) is 9. The molecule has 1 atom stereocenters. The highest BCUT2D eigenvalue weighted by Crippen LogP contribution is 2.28. The predicted molar refractivity (Wildman–Crippen MR) is 106 cm³/mol. The van der Waals surface area contributed by atoms with Gasteiger partial charge in [0.05, 0.1) is 5.69 Å². The smallest absolute Gasteiger partial charge is 0.350 e. The molecular formula is C16H22N6O3S2. The van der Waals surface area contributed by atoms with Gasteiger partial charge in [0.15, 0.2) is 10.3 Å². The Bertz CT molecular complexity index is 832. The van der Waals surface area contributed by atoms with Gasteiger partial charge in [0.2, 0.25) is 11.9 Å². The Hall–Kier alpha value is -2.40. The molecule has 2 aromatic rings. The fourth-order valence-corrected chi connectivity index (χ4v) is 3.90. The van der Waals surface area contributed by atoms with Crippen LogP contribution >= 0.6 is 23.1 Å². The van der Waals surface area contributed by atoms with Gasteiger partial charge in [-0.05, 0) is 19.1 Å².